The van der Waals surface area contributed by atoms with Gasteiger partial charge in [0.15, 0.2) is 5.82 Å². The molecule has 0 saturated carbocycles. The van der Waals surface area contributed by atoms with Crippen LogP contribution in [0, 0.1) is 13.8 Å². The lowest BCUT2D eigenvalue weighted by Gasteiger charge is -2.25. The molecule has 3 aromatic rings. The van der Waals surface area contributed by atoms with Gasteiger partial charge in [-0.1, -0.05) is 36.4 Å². The van der Waals surface area contributed by atoms with Crippen LogP contribution in [0.5, 0.6) is 5.75 Å². The second-order valence-corrected chi connectivity index (χ2v) is 8.74. The Kier molecular flexibility index (Phi) is 7.05. The summed E-state index contributed by atoms with van der Waals surface area (Å²) in [6.45, 7) is 10.8. The molecule has 0 bridgehead atoms. The summed E-state index contributed by atoms with van der Waals surface area (Å²) in [7, 11) is 2.18. The number of aryl methyl sites for hydroxylation is 1. The molecule has 5 nitrogen and oxygen atoms in total. The molecule has 5 heteroatoms. The molecule has 1 aliphatic heterocycles. The average molecular weight is 431 g/mol. The maximum Gasteiger partial charge on any atom is 0.156 e. The molecular formula is C27H34N4O. The van der Waals surface area contributed by atoms with Crippen LogP contribution < -0.4 is 9.64 Å². The molecule has 0 N–H and O–H groups in total. The summed E-state index contributed by atoms with van der Waals surface area (Å²) < 4.78 is 5.68. The van der Waals surface area contributed by atoms with Gasteiger partial charge in [0.25, 0.3) is 0 Å². The Hall–Kier alpha value is -2.92. The Bertz CT molecular complexity index is 1060. The Morgan fingerprint density at radius 1 is 0.969 bits per heavy atom. The normalized spacial score (nSPS) is 13.7. The van der Waals surface area contributed by atoms with Gasteiger partial charge in [-0.05, 0) is 69.5 Å². The van der Waals surface area contributed by atoms with Crippen LogP contribution in [-0.2, 0) is 13.1 Å². The molecule has 1 aliphatic rings. The largest absolute Gasteiger partial charge is 0.494 e. The Morgan fingerprint density at radius 2 is 1.75 bits per heavy atom. The van der Waals surface area contributed by atoms with E-state index in [1.54, 1.807) is 0 Å². The summed E-state index contributed by atoms with van der Waals surface area (Å²) in [6, 6.07) is 16.8. The van der Waals surface area contributed by atoms with Crippen LogP contribution in [0.4, 0.5) is 5.82 Å². The van der Waals surface area contributed by atoms with E-state index in [2.05, 4.69) is 73.2 Å². The summed E-state index contributed by atoms with van der Waals surface area (Å²) in [4.78, 5) is 4.76. The van der Waals surface area contributed by atoms with Crippen molar-refractivity contribution < 1.29 is 4.74 Å². The summed E-state index contributed by atoms with van der Waals surface area (Å²) in [5.74, 6) is 1.98. The van der Waals surface area contributed by atoms with E-state index in [9.17, 15) is 0 Å². The van der Waals surface area contributed by atoms with E-state index >= 15 is 0 Å². The lowest BCUT2D eigenvalue weighted by Crippen LogP contribution is -2.25. The SMILES string of the molecule is CCOc1cccc(CN(C)Cc2c(N3CCCC3)nnc(-c3ccccc3C)c2C)c1. The van der Waals surface area contributed by atoms with Gasteiger partial charge in [0.05, 0.1) is 12.3 Å². The van der Waals surface area contributed by atoms with Gasteiger partial charge in [-0.15, -0.1) is 10.2 Å². The number of nitrogens with zero attached hydrogens (tertiary/aromatic N) is 4. The van der Waals surface area contributed by atoms with Crippen LogP contribution >= 0.6 is 0 Å². The zero-order valence-electron chi connectivity index (χ0n) is 19.8. The van der Waals surface area contributed by atoms with Gasteiger partial charge in [-0.2, -0.15) is 0 Å². The van der Waals surface area contributed by atoms with Gasteiger partial charge in [-0.3, -0.25) is 4.90 Å². The standard InChI is InChI=1S/C27H34N4O/c1-5-32-23-13-10-12-22(17-23)18-30(4)19-25-21(3)26(24-14-7-6-11-20(24)2)28-29-27(25)31-15-8-9-16-31/h6-7,10-14,17H,5,8-9,15-16,18-19H2,1-4H3. The zero-order valence-corrected chi connectivity index (χ0v) is 19.8. The van der Waals surface area contributed by atoms with E-state index in [1.807, 2.05) is 13.0 Å². The number of hydrogen-bond donors (Lipinski definition) is 0. The van der Waals surface area contributed by atoms with E-state index in [0.717, 1.165) is 43.4 Å². The van der Waals surface area contributed by atoms with Gasteiger partial charge in [0.2, 0.25) is 0 Å². The van der Waals surface area contributed by atoms with Gasteiger partial charge in [0, 0.05) is 37.3 Å². The second-order valence-electron chi connectivity index (χ2n) is 8.74. The molecule has 168 valence electrons. The van der Waals surface area contributed by atoms with Crippen LogP contribution in [-0.4, -0.2) is 41.8 Å². The lowest BCUT2D eigenvalue weighted by atomic mass is 9.99. The van der Waals surface area contributed by atoms with Crippen molar-refractivity contribution in [3.63, 3.8) is 0 Å². The van der Waals surface area contributed by atoms with Crippen LogP contribution in [0.3, 0.4) is 0 Å². The van der Waals surface area contributed by atoms with Crippen molar-refractivity contribution in [2.24, 2.45) is 0 Å². The highest BCUT2D eigenvalue weighted by Gasteiger charge is 2.23. The number of rotatable bonds is 8. The summed E-state index contributed by atoms with van der Waals surface area (Å²) in [5, 5.41) is 9.48. The smallest absolute Gasteiger partial charge is 0.156 e. The van der Waals surface area contributed by atoms with Gasteiger partial charge < -0.3 is 9.64 Å². The third-order valence-corrected chi connectivity index (χ3v) is 6.22. The molecule has 0 aliphatic carbocycles. The number of aromatic nitrogens is 2. The van der Waals surface area contributed by atoms with Crippen molar-refractivity contribution in [3.05, 3.63) is 70.8 Å². The topological polar surface area (TPSA) is 41.5 Å². The van der Waals surface area contributed by atoms with Crippen molar-refractivity contribution in [1.29, 1.82) is 0 Å². The molecule has 1 fully saturated rings. The third kappa shape index (κ3) is 4.94. The fourth-order valence-corrected chi connectivity index (χ4v) is 4.55. The Morgan fingerprint density at radius 3 is 2.50 bits per heavy atom. The van der Waals surface area contributed by atoms with Crippen molar-refractivity contribution in [3.8, 4) is 17.0 Å². The Balaban J connectivity index is 1.65. The van der Waals surface area contributed by atoms with E-state index in [4.69, 9.17) is 14.9 Å². The second kappa shape index (κ2) is 10.1. The minimum atomic E-state index is 0.683. The molecule has 1 aromatic heterocycles. The number of ether oxygens (including phenoxy) is 1. The molecule has 0 unspecified atom stereocenters. The predicted octanol–water partition coefficient (Wildman–Crippen LogP) is 5.39. The first kappa shape index (κ1) is 22.3. The highest BCUT2D eigenvalue weighted by Crippen LogP contribution is 2.32. The van der Waals surface area contributed by atoms with Crippen LogP contribution in [0.25, 0.3) is 11.3 Å². The fourth-order valence-electron chi connectivity index (χ4n) is 4.55. The van der Waals surface area contributed by atoms with Crippen LogP contribution in [0.15, 0.2) is 48.5 Å². The van der Waals surface area contributed by atoms with E-state index < -0.39 is 0 Å². The first-order valence-electron chi connectivity index (χ1n) is 11.6. The quantitative estimate of drug-likeness (QED) is 0.479. The summed E-state index contributed by atoms with van der Waals surface area (Å²) in [6.07, 6.45) is 2.44. The van der Waals surface area contributed by atoms with Gasteiger partial charge in [-0.25, -0.2) is 0 Å². The van der Waals surface area contributed by atoms with Gasteiger partial charge >= 0.3 is 0 Å². The summed E-state index contributed by atoms with van der Waals surface area (Å²) in [5.41, 5.74) is 7.15. The molecule has 0 amide bonds. The first-order valence-corrected chi connectivity index (χ1v) is 11.6. The number of hydrogen-bond acceptors (Lipinski definition) is 5. The minimum Gasteiger partial charge on any atom is -0.494 e. The molecule has 0 spiro atoms. The van der Waals surface area contributed by atoms with Crippen molar-refractivity contribution in [2.75, 3.05) is 31.6 Å². The minimum absolute atomic E-state index is 0.683. The highest BCUT2D eigenvalue weighted by molar-refractivity contribution is 5.69. The summed E-state index contributed by atoms with van der Waals surface area (Å²) >= 11 is 0. The first-order chi connectivity index (χ1) is 15.6. The maximum atomic E-state index is 5.68. The van der Waals surface area contributed by atoms with Crippen molar-refractivity contribution >= 4 is 5.82 Å². The molecule has 2 aromatic carbocycles. The van der Waals surface area contributed by atoms with E-state index in [0.29, 0.717) is 6.61 Å². The van der Waals surface area contributed by atoms with Crippen molar-refractivity contribution in [1.82, 2.24) is 15.1 Å². The fraction of sp³-hybridized carbons (Fsp3) is 0.407. The number of benzene rings is 2. The molecule has 0 radical (unpaired) electrons. The Labute approximate surface area is 192 Å². The molecule has 0 atom stereocenters. The zero-order chi connectivity index (χ0) is 22.5. The molecule has 2 heterocycles. The van der Waals surface area contributed by atoms with E-state index in [-0.39, 0.29) is 0 Å². The van der Waals surface area contributed by atoms with E-state index in [1.165, 1.54) is 40.7 Å². The molecule has 32 heavy (non-hydrogen) atoms. The highest BCUT2D eigenvalue weighted by atomic mass is 16.5. The van der Waals surface area contributed by atoms with Crippen LogP contribution in [0.2, 0.25) is 0 Å². The maximum absolute atomic E-state index is 5.68. The lowest BCUT2D eigenvalue weighted by molar-refractivity contribution is 0.314. The molecule has 1 saturated heterocycles. The van der Waals surface area contributed by atoms with Crippen LogP contribution in [0.1, 0.15) is 42.0 Å². The molecule has 4 rings (SSSR count). The average Bonchev–Trinajstić information content (AvgIpc) is 3.31. The number of anilines is 1. The van der Waals surface area contributed by atoms with Crippen molar-refractivity contribution in [2.45, 2.75) is 46.7 Å². The predicted molar refractivity (Wildman–Crippen MR) is 131 cm³/mol. The third-order valence-electron chi connectivity index (χ3n) is 6.22. The van der Waals surface area contributed by atoms with Gasteiger partial charge in [0.1, 0.15) is 5.75 Å². The monoisotopic (exact) mass is 430 g/mol. The molecular weight excluding hydrogens is 396 g/mol.